The highest BCUT2D eigenvalue weighted by atomic mass is 32.2. The number of aryl methyl sites for hydroxylation is 4. The van der Waals surface area contributed by atoms with Crippen molar-refractivity contribution < 1.29 is 17.7 Å². The fourth-order valence-electron chi connectivity index (χ4n) is 4.14. The maximum Gasteiger partial charge on any atom is 0.404 e. The molecule has 1 saturated carbocycles. The van der Waals surface area contributed by atoms with Gasteiger partial charge in [0, 0.05) is 23.8 Å². The summed E-state index contributed by atoms with van der Waals surface area (Å²) in [5.74, 6) is 2.19. The van der Waals surface area contributed by atoms with Gasteiger partial charge in [0.2, 0.25) is 0 Å². The van der Waals surface area contributed by atoms with Gasteiger partial charge in [-0.3, -0.25) is 9.97 Å². The number of nitriles is 1. The molecule has 5 nitrogen and oxygen atoms in total. The Hall–Kier alpha value is -2.15. The molecule has 1 aliphatic carbocycles. The van der Waals surface area contributed by atoms with E-state index >= 15 is 0 Å². The third-order valence-electron chi connectivity index (χ3n) is 7.60. The average Bonchev–Trinajstić information content (AvgIpc) is 2.90. The molecule has 2 aromatic heterocycles. The standard InChI is InChI=1S/C19H23N3.C8H16.C3H6F3NOS.C2H6/c1-12-6-18(16(5)21-10-12)17(9-20)7-14(3)19-8-13(2)15(4)11-22-19;1-3-7(2)8-5-4-6-8;1-2(7-9-8)3(4,5)6;1-2/h6,8,10-11,14,17H,7H2,1-5H3;7-8H,3-6H2,1-2H3;2,7-8H,1H3;1-2H3. The molecule has 0 amide bonds. The Balaban J connectivity index is 0.000000691. The zero-order chi connectivity index (χ0) is 31.8. The molecular formula is C32H51F3N4OS. The molecule has 0 saturated heterocycles. The van der Waals surface area contributed by atoms with Crippen molar-refractivity contribution in [1.82, 2.24) is 14.7 Å². The van der Waals surface area contributed by atoms with Crippen molar-refractivity contribution >= 4 is 12.2 Å². The number of halogens is 3. The zero-order valence-corrected chi connectivity index (χ0v) is 27.4. The summed E-state index contributed by atoms with van der Waals surface area (Å²) >= 11 is -0.0334. The highest BCUT2D eigenvalue weighted by molar-refractivity contribution is 7.91. The minimum atomic E-state index is -4.28. The second-order valence-corrected chi connectivity index (χ2v) is 11.2. The van der Waals surface area contributed by atoms with E-state index in [4.69, 9.17) is 4.55 Å². The predicted molar refractivity (Wildman–Crippen MR) is 166 cm³/mol. The third kappa shape index (κ3) is 14.0. The first kappa shape index (κ1) is 38.9. The molecule has 9 heteroatoms. The second kappa shape index (κ2) is 19.9. The van der Waals surface area contributed by atoms with Crippen molar-refractivity contribution in [3.05, 3.63) is 58.2 Å². The molecule has 2 heterocycles. The van der Waals surface area contributed by atoms with Crippen LogP contribution in [0.2, 0.25) is 0 Å². The van der Waals surface area contributed by atoms with Gasteiger partial charge in [0.05, 0.1) is 24.2 Å². The van der Waals surface area contributed by atoms with Crippen LogP contribution in [0.3, 0.4) is 0 Å². The number of hydrogen-bond acceptors (Lipinski definition) is 6. The Labute approximate surface area is 251 Å². The summed E-state index contributed by atoms with van der Waals surface area (Å²) in [6.45, 7) is 19.9. The monoisotopic (exact) mass is 596 g/mol. The second-order valence-electron chi connectivity index (χ2n) is 10.7. The van der Waals surface area contributed by atoms with Gasteiger partial charge in [0.25, 0.3) is 0 Å². The Morgan fingerprint density at radius 2 is 1.66 bits per heavy atom. The van der Waals surface area contributed by atoms with Gasteiger partial charge in [-0.25, -0.2) is 4.72 Å². The summed E-state index contributed by atoms with van der Waals surface area (Å²) in [6.07, 6.45) is 6.14. The lowest BCUT2D eigenvalue weighted by atomic mass is 9.76. The normalized spacial score (nSPS) is 15.6. The van der Waals surface area contributed by atoms with E-state index in [9.17, 15) is 18.4 Å². The maximum atomic E-state index is 11.4. The number of nitrogens with zero attached hydrogens (tertiary/aromatic N) is 3. The Morgan fingerprint density at radius 3 is 2.05 bits per heavy atom. The smallest absolute Gasteiger partial charge is 0.317 e. The van der Waals surface area contributed by atoms with Crippen LogP contribution in [0, 0.1) is 50.9 Å². The summed E-state index contributed by atoms with van der Waals surface area (Å²) in [4.78, 5) is 8.92. The Bertz CT molecular complexity index is 1050. The van der Waals surface area contributed by atoms with E-state index in [-0.39, 0.29) is 24.1 Å². The van der Waals surface area contributed by atoms with E-state index in [1.165, 1.54) is 36.8 Å². The lowest BCUT2D eigenvalue weighted by molar-refractivity contribution is -0.146. The molecule has 41 heavy (non-hydrogen) atoms. The van der Waals surface area contributed by atoms with Crippen LogP contribution in [0.1, 0.15) is 119 Å². The minimum absolute atomic E-state index is 0.0334. The Morgan fingerprint density at radius 1 is 1.05 bits per heavy atom. The number of alkyl halides is 3. The summed E-state index contributed by atoms with van der Waals surface area (Å²) < 4.78 is 44.0. The number of aromatic nitrogens is 2. The van der Waals surface area contributed by atoms with Crippen LogP contribution in [0.4, 0.5) is 13.2 Å². The highest BCUT2D eigenvalue weighted by Crippen LogP contribution is 2.34. The first-order valence-corrected chi connectivity index (χ1v) is 15.4. The van der Waals surface area contributed by atoms with E-state index in [0.29, 0.717) is 0 Å². The van der Waals surface area contributed by atoms with Crippen LogP contribution in [-0.4, -0.2) is 26.7 Å². The number of nitrogens with one attached hydrogen (secondary N) is 1. The topological polar surface area (TPSA) is 81.8 Å². The van der Waals surface area contributed by atoms with Crippen LogP contribution in [-0.2, 0) is 0 Å². The minimum Gasteiger partial charge on any atom is -0.317 e. The largest absolute Gasteiger partial charge is 0.404 e. The zero-order valence-electron chi connectivity index (χ0n) is 26.6. The third-order valence-corrected chi connectivity index (χ3v) is 8.06. The molecule has 0 aromatic carbocycles. The molecule has 0 bridgehead atoms. The molecule has 0 radical (unpaired) electrons. The summed E-state index contributed by atoms with van der Waals surface area (Å²) in [6, 6.07) is 4.99. The summed E-state index contributed by atoms with van der Waals surface area (Å²) in [5, 5.41) is 9.59. The van der Waals surface area contributed by atoms with Crippen molar-refractivity contribution in [3.8, 4) is 6.07 Å². The van der Waals surface area contributed by atoms with Gasteiger partial charge in [-0.15, -0.1) is 0 Å². The van der Waals surface area contributed by atoms with Gasteiger partial charge in [-0.1, -0.05) is 66.4 Å². The molecule has 0 spiro atoms. The molecule has 2 N–H and O–H groups in total. The Kier molecular flexibility index (Phi) is 18.8. The molecular weight excluding hydrogens is 545 g/mol. The van der Waals surface area contributed by atoms with Crippen molar-refractivity contribution in [2.24, 2.45) is 11.8 Å². The van der Waals surface area contributed by atoms with Crippen LogP contribution in [0.25, 0.3) is 0 Å². The van der Waals surface area contributed by atoms with Crippen molar-refractivity contribution in [2.45, 2.75) is 125 Å². The fraction of sp³-hybridized carbons (Fsp3) is 0.656. The van der Waals surface area contributed by atoms with Crippen molar-refractivity contribution in [3.63, 3.8) is 0 Å². The number of rotatable bonds is 8. The van der Waals surface area contributed by atoms with Gasteiger partial charge in [0.15, 0.2) is 0 Å². The predicted octanol–water partition coefficient (Wildman–Crippen LogP) is 10.0. The number of hydrogen-bond donors (Lipinski definition) is 2. The van der Waals surface area contributed by atoms with Crippen molar-refractivity contribution in [2.75, 3.05) is 0 Å². The summed E-state index contributed by atoms with van der Waals surface area (Å²) in [5.41, 5.74) is 6.58. The lowest BCUT2D eigenvalue weighted by Gasteiger charge is -2.30. The van der Waals surface area contributed by atoms with Crippen LogP contribution >= 0.6 is 12.2 Å². The molecule has 1 aliphatic rings. The molecule has 4 atom stereocenters. The SMILES string of the molecule is CC.CC(NSO)C(F)(F)F.CCC(C)C1CCC1.Cc1cnc(C)c(C(C#N)CC(C)c2cc(C)c(C)cn2)c1. The van der Waals surface area contributed by atoms with Gasteiger partial charge < -0.3 is 4.55 Å². The molecule has 1 fully saturated rings. The van der Waals surface area contributed by atoms with E-state index in [1.54, 1.807) is 4.72 Å². The maximum absolute atomic E-state index is 11.4. The average molecular weight is 597 g/mol. The molecule has 0 aliphatic heterocycles. The van der Waals surface area contributed by atoms with Crippen LogP contribution in [0.5, 0.6) is 0 Å². The molecule has 232 valence electrons. The van der Waals surface area contributed by atoms with Gasteiger partial charge in [-0.05, 0) is 87.1 Å². The first-order valence-electron chi connectivity index (χ1n) is 14.6. The lowest BCUT2D eigenvalue weighted by Crippen LogP contribution is -2.35. The van der Waals surface area contributed by atoms with Crippen LogP contribution < -0.4 is 4.72 Å². The van der Waals surface area contributed by atoms with E-state index < -0.39 is 12.2 Å². The first-order chi connectivity index (χ1) is 19.2. The highest BCUT2D eigenvalue weighted by Gasteiger charge is 2.35. The van der Waals surface area contributed by atoms with E-state index in [1.807, 2.05) is 40.1 Å². The van der Waals surface area contributed by atoms with Crippen LogP contribution in [0.15, 0.2) is 24.5 Å². The van der Waals surface area contributed by atoms with Crippen molar-refractivity contribution in [1.29, 1.82) is 5.26 Å². The van der Waals surface area contributed by atoms with Gasteiger partial charge in [0.1, 0.15) is 6.04 Å². The quantitative estimate of drug-likeness (QED) is 0.233. The van der Waals surface area contributed by atoms with Gasteiger partial charge >= 0.3 is 6.18 Å². The van der Waals surface area contributed by atoms with E-state index in [0.717, 1.165) is 47.7 Å². The molecule has 4 unspecified atom stereocenters. The molecule has 2 aromatic rings. The number of pyridine rings is 2. The van der Waals surface area contributed by atoms with E-state index in [2.05, 4.69) is 62.8 Å². The van der Waals surface area contributed by atoms with Gasteiger partial charge in [-0.2, -0.15) is 18.4 Å². The summed E-state index contributed by atoms with van der Waals surface area (Å²) in [7, 11) is 0. The molecule has 3 rings (SSSR count). The fourth-order valence-corrected chi connectivity index (χ4v) is 4.43.